The molecule has 0 atom stereocenters. The van der Waals surface area contributed by atoms with Crippen LogP contribution in [0.3, 0.4) is 0 Å². The van der Waals surface area contributed by atoms with Gasteiger partial charge in [0.25, 0.3) is 0 Å². The van der Waals surface area contributed by atoms with E-state index in [4.69, 9.17) is 23.2 Å². The Balaban J connectivity index is 1.70. The Kier molecular flexibility index (Phi) is 6.17. The molecule has 0 unspecified atom stereocenters. The molecule has 1 aliphatic heterocycles. The van der Waals surface area contributed by atoms with Gasteiger partial charge in [0, 0.05) is 38.6 Å². The summed E-state index contributed by atoms with van der Waals surface area (Å²) < 4.78 is 13.7. The van der Waals surface area contributed by atoms with Crippen molar-refractivity contribution < 1.29 is 4.39 Å². The van der Waals surface area contributed by atoms with E-state index >= 15 is 0 Å². The summed E-state index contributed by atoms with van der Waals surface area (Å²) in [7, 11) is 1.77. The number of anilines is 1. The first-order valence-electron chi connectivity index (χ1n) is 8.64. The van der Waals surface area contributed by atoms with Crippen LogP contribution < -0.4 is 5.32 Å². The molecule has 26 heavy (non-hydrogen) atoms. The highest BCUT2D eigenvalue weighted by Crippen LogP contribution is 2.32. The zero-order valence-corrected chi connectivity index (χ0v) is 16.2. The molecule has 1 aliphatic rings. The van der Waals surface area contributed by atoms with E-state index in [0.717, 1.165) is 32.5 Å². The number of rotatable bonds is 5. The summed E-state index contributed by atoms with van der Waals surface area (Å²) in [5.74, 6) is -0.588. The zero-order valence-electron chi connectivity index (χ0n) is 14.7. The maximum atomic E-state index is 13.7. The van der Waals surface area contributed by atoms with Gasteiger partial charge in [0.2, 0.25) is 0 Å². The van der Waals surface area contributed by atoms with Crippen LogP contribution in [0.5, 0.6) is 0 Å². The Morgan fingerprint density at radius 1 is 1.15 bits per heavy atom. The Hall–Kier alpha value is -1.62. The fourth-order valence-corrected chi connectivity index (χ4v) is 3.89. The smallest absolute Gasteiger partial charge is 0.160 e. The highest BCUT2D eigenvalue weighted by Gasteiger charge is 2.33. The van der Waals surface area contributed by atoms with E-state index in [1.54, 1.807) is 19.2 Å². The number of nitrogens with one attached hydrogen (secondary N) is 1. The molecule has 2 aromatic rings. The maximum Gasteiger partial charge on any atom is 0.160 e. The molecular formula is C20H22Cl2FN3. The first kappa shape index (κ1) is 19.2. The van der Waals surface area contributed by atoms with Crippen molar-refractivity contribution in [2.75, 3.05) is 25.5 Å². The summed E-state index contributed by atoms with van der Waals surface area (Å²) in [4.78, 5) is 6.69. The highest BCUT2D eigenvalue weighted by molar-refractivity contribution is 6.35. The number of likely N-dealkylation sites (tertiary alicyclic amines) is 1. The molecule has 1 saturated heterocycles. The fourth-order valence-electron chi connectivity index (χ4n) is 3.40. The molecule has 1 fully saturated rings. The van der Waals surface area contributed by atoms with Gasteiger partial charge in [0.05, 0.1) is 15.6 Å². The van der Waals surface area contributed by atoms with Gasteiger partial charge in [-0.25, -0.2) is 4.39 Å². The Labute approximate surface area is 163 Å². The molecule has 0 bridgehead atoms. The van der Waals surface area contributed by atoms with Crippen LogP contribution in [0.4, 0.5) is 10.1 Å². The third-order valence-electron chi connectivity index (χ3n) is 4.75. The van der Waals surface area contributed by atoms with Crippen LogP contribution in [0.1, 0.15) is 18.4 Å². The van der Waals surface area contributed by atoms with Crippen LogP contribution in [-0.2, 0) is 6.54 Å². The van der Waals surface area contributed by atoms with E-state index < -0.39 is 5.82 Å². The molecule has 2 aromatic carbocycles. The van der Waals surface area contributed by atoms with E-state index in [-0.39, 0.29) is 15.6 Å². The highest BCUT2D eigenvalue weighted by atomic mass is 35.5. The molecule has 0 saturated carbocycles. The summed E-state index contributed by atoms with van der Waals surface area (Å²) >= 11 is 11.9. The van der Waals surface area contributed by atoms with E-state index in [1.165, 1.54) is 5.56 Å². The molecule has 0 radical (unpaired) electrons. The van der Waals surface area contributed by atoms with Crippen molar-refractivity contribution in [1.82, 2.24) is 4.90 Å². The lowest BCUT2D eigenvalue weighted by atomic mass is 9.88. The fraction of sp³-hybridized carbons (Fsp3) is 0.350. The zero-order chi connectivity index (χ0) is 18.6. The average molecular weight is 394 g/mol. The Bertz CT molecular complexity index is 749. The standard InChI is InChI=1S/C20H22Cl2FN3/c1-24-14-20(25-16-11-17(21)19(23)18(22)12-16)7-9-26(10-8-20)13-15-5-3-2-4-6-15/h2-6,11-12,14,25H,7-10,13H2,1H3/b24-14+. The van der Waals surface area contributed by atoms with E-state index in [0.29, 0.717) is 5.69 Å². The summed E-state index contributed by atoms with van der Waals surface area (Å²) in [5.41, 5.74) is 1.74. The minimum atomic E-state index is -0.588. The normalized spacial score (nSPS) is 17.5. The third-order valence-corrected chi connectivity index (χ3v) is 5.30. The van der Waals surface area contributed by atoms with Crippen LogP contribution in [0.15, 0.2) is 47.5 Å². The number of halogens is 3. The molecule has 3 nitrogen and oxygen atoms in total. The van der Waals surface area contributed by atoms with Crippen molar-refractivity contribution in [3.8, 4) is 0 Å². The van der Waals surface area contributed by atoms with Crippen LogP contribution in [0, 0.1) is 5.82 Å². The van der Waals surface area contributed by atoms with Gasteiger partial charge in [-0.15, -0.1) is 0 Å². The number of piperidine rings is 1. The SMILES string of the molecule is C/N=C/C1(Nc2cc(Cl)c(F)c(Cl)c2)CCN(Cc2ccccc2)CC1. The van der Waals surface area contributed by atoms with Crippen LogP contribution >= 0.6 is 23.2 Å². The van der Waals surface area contributed by atoms with Gasteiger partial charge < -0.3 is 5.32 Å². The second-order valence-corrected chi connectivity index (χ2v) is 7.50. The average Bonchev–Trinajstić information content (AvgIpc) is 2.63. The van der Waals surface area contributed by atoms with Crippen molar-refractivity contribution in [3.05, 3.63) is 63.9 Å². The first-order valence-corrected chi connectivity index (χ1v) is 9.39. The monoisotopic (exact) mass is 393 g/mol. The lowest BCUT2D eigenvalue weighted by molar-refractivity contribution is 0.195. The van der Waals surface area contributed by atoms with Gasteiger partial charge in [-0.1, -0.05) is 53.5 Å². The quantitative estimate of drug-likeness (QED) is 0.552. The Morgan fingerprint density at radius 3 is 2.35 bits per heavy atom. The molecule has 1 heterocycles. The van der Waals surface area contributed by atoms with Gasteiger partial charge in [-0.2, -0.15) is 0 Å². The molecule has 0 aliphatic carbocycles. The van der Waals surface area contributed by atoms with E-state index in [2.05, 4.69) is 39.5 Å². The molecule has 0 amide bonds. The summed E-state index contributed by atoms with van der Waals surface area (Å²) in [6, 6.07) is 13.6. The third kappa shape index (κ3) is 4.56. The van der Waals surface area contributed by atoms with E-state index in [1.807, 2.05) is 12.3 Å². The number of benzene rings is 2. The van der Waals surface area contributed by atoms with Gasteiger partial charge >= 0.3 is 0 Å². The predicted octanol–water partition coefficient (Wildman–Crippen LogP) is 5.28. The molecular weight excluding hydrogens is 372 g/mol. The van der Waals surface area contributed by atoms with Gasteiger partial charge in [0.1, 0.15) is 0 Å². The lowest BCUT2D eigenvalue weighted by Crippen LogP contribution is -2.50. The lowest BCUT2D eigenvalue weighted by Gasteiger charge is -2.40. The molecule has 3 rings (SSSR count). The van der Waals surface area contributed by atoms with Crippen molar-refractivity contribution in [1.29, 1.82) is 0 Å². The minimum absolute atomic E-state index is 0.0186. The van der Waals surface area contributed by atoms with Gasteiger partial charge in [-0.3, -0.25) is 9.89 Å². The van der Waals surface area contributed by atoms with Crippen LogP contribution in [0.25, 0.3) is 0 Å². The van der Waals surface area contributed by atoms with Crippen molar-refractivity contribution in [2.24, 2.45) is 4.99 Å². The van der Waals surface area contributed by atoms with Crippen molar-refractivity contribution in [3.63, 3.8) is 0 Å². The first-order chi connectivity index (χ1) is 12.5. The number of nitrogens with zero attached hydrogens (tertiary/aromatic N) is 2. The van der Waals surface area contributed by atoms with E-state index in [9.17, 15) is 4.39 Å². The van der Waals surface area contributed by atoms with Crippen molar-refractivity contribution >= 4 is 35.1 Å². The topological polar surface area (TPSA) is 27.6 Å². The molecule has 0 aromatic heterocycles. The molecule has 1 N–H and O–H groups in total. The van der Waals surface area contributed by atoms with Crippen LogP contribution in [-0.4, -0.2) is 36.8 Å². The number of aliphatic imine (C=N–C) groups is 1. The summed E-state index contributed by atoms with van der Waals surface area (Å²) in [6.45, 7) is 2.82. The maximum absolute atomic E-state index is 13.7. The molecule has 0 spiro atoms. The second kappa shape index (κ2) is 8.38. The van der Waals surface area contributed by atoms with Crippen molar-refractivity contribution in [2.45, 2.75) is 24.9 Å². The number of hydrogen-bond donors (Lipinski definition) is 1. The van der Waals surface area contributed by atoms with Gasteiger partial charge in [-0.05, 0) is 30.5 Å². The molecule has 138 valence electrons. The summed E-state index contributed by atoms with van der Waals surface area (Å²) in [6.07, 6.45) is 3.73. The summed E-state index contributed by atoms with van der Waals surface area (Å²) in [5, 5.41) is 3.51. The predicted molar refractivity (Wildman–Crippen MR) is 108 cm³/mol. The Morgan fingerprint density at radius 2 is 1.77 bits per heavy atom. The minimum Gasteiger partial charge on any atom is -0.374 e. The second-order valence-electron chi connectivity index (χ2n) is 6.68. The largest absolute Gasteiger partial charge is 0.374 e. The van der Waals surface area contributed by atoms with Gasteiger partial charge in [0.15, 0.2) is 5.82 Å². The number of hydrogen-bond acceptors (Lipinski definition) is 3. The van der Waals surface area contributed by atoms with Crippen LogP contribution in [0.2, 0.25) is 10.0 Å². The molecule has 6 heteroatoms.